The summed E-state index contributed by atoms with van der Waals surface area (Å²) in [6, 6.07) is 0. The molecule has 0 radical (unpaired) electrons. The zero-order chi connectivity index (χ0) is 10.4. The van der Waals surface area contributed by atoms with Gasteiger partial charge in [-0.15, -0.1) is 0 Å². The lowest BCUT2D eigenvalue weighted by Gasteiger charge is -2.05. The molecule has 76 valence electrons. The van der Waals surface area contributed by atoms with E-state index in [9.17, 15) is 4.79 Å². The number of hydrogen-bond donors (Lipinski definition) is 2. The molecule has 14 heavy (non-hydrogen) atoms. The predicted octanol–water partition coefficient (Wildman–Crippen LogP) is 0.0338. The second kappa shape index (κ2) is 5.00. The van der Waals surface area contributed by atoms with Crippen molar-refractivity contribution in [2.24, 2.45) is 0 Å². The first-order valence-corrected chi connectivity index (χ1v) is 4.20. The largest absolute Gasteiger partial charge is 0.465 e. The van der Waals surface area contributed by atoms with Gasteiger partial charge in [-0.3, -0.25) is 4.79 Å². The molecule has 1 aromatic rings. The van der Waals surface area contributed by atoms with Gasteiger partial charge in [-0.1, -0.05) is 0 Å². The van der Waals surface area contributed by atoms with E-state index < -0.39 is 0 Å². The minimum absolute atomic E-state index is 0.0384. The van der Waals surface area contributed by atoms with Gasteiger partial charge in [0.25, 0.3) is 0 Å². The molecule has 0 bridgehead atoms. The van der Waals surface area contributed by atoms with Gasteiger partial charge in [0.1, 0.15) is 6.54 Å². The van der Waals surface area contributed by atoms with Crippen LogP contribution >= 0.6 is 0 Å². The normalized spacial score (nSPS) is 9.50. The summed E-state index contributed by atoms with van der Waals surface area (Å²) in [5, 5.41) is 2.72. The summed E-state index contributed by atoms with van der Waals surface area (Å²) >= 11 is 0. The van der Waals surface area contributed by atoms with Crippen molar-refractivity contribution in [1.29, 1.82) is 0 Å². The molecule has 0 unspecified atom stereocenters. The molecule has 6 heteroatoms. The number of carbonyl (C=O) groups excluding carboxylic acids is 1. The Bertz CT molecular complexity index is 316. The molecule has 0 fully saturated rings. The summed E-state index contributed by atoms with van der Waals surface area (Å²) in [5.74, 6) is 0.301. The molecule has 0 aliphatic heterocycles. The standard InChI is InChI=1S/C8H12N4O2/c1-2-14-6(13)5-12-8-7(9)10-3-4-11-8/h3-4H,2,5H2,1H3,(H2,9,10)(H,11,12). The molecule has 0 spiro atoms. The first-order chi connectivity index (χ1) is 6.74. The van der Waals surface area contributed by atoms with Gasteiger partial charge in [-0.25, -0.2) is 9.97 Å². The Balaban J connectivity index is 2.46. The fourth-order valence-corrected chi connectivity index (χ4v) is 0.853. The van der Waals surface area contributed by atoms with Crippen LogP contribution in [-0.2, 0) is 9.53 Å². The maximum Gasteiger partial charge on any atom is 0.325 e. The van der Waals surface area contributed by atoms with E-state index in [1.807, 2.05) is 0 Å². The number of hydrogen-bond acceptors (Lipinski definition) is 6. The summed E-state index contributed by atoms with van der Waals surface area (Å²) in [5.41, 5.74) is 5.49. The van der Waals surface area contributed by atoms with E-state index in [1.165, 1.54) is 12.4 Å². The number of nitrogens with zero attached hydrogens (tertiary/aromatic N) is 2. The third-order valence-electron chi connectivity index (χ3n) is 1.43. The van der Waals surface area contributed by atoms with E-state index in [-0.39, 0.29) is 18.3 Å². The summed E-state index contributed by atoms with van der Waals surface area (Å²) in [4.78, 5) is 18.7. The van der Waals surface area contributed by atoms with E-state index in [2.05, 4.69) is 15.3 Å². The molecule has 3 N–H and O–H groups in total. The van der Waals surface area contributed by atoms with E-state index >= 15 is 0 Å². The van der Waals surface area contributed by atoms with Crippen LogP contribution in [0.3, 0.4) is 0 Å². The van der Waals surface area contributed by atoms with Crippen LogP contribution in [-0.4, -0.2) is 29.1 Å². The van der Waals surface area contributed by atoms with Crippen LogP contribution in [0.15, 0.2) is 12.4 Å². The van der Waals surface area contributed by atoms with Crippen molar-refractivity contribution in [2.45, 2.75) is 6.92 Å². The zero-order valence-corrected chi connectivity index (χ0v) is 7.86. The number of rotatable bonds is 4. The topological polar surface area (TPSA) is 90.1 Å². The van der Waals surface area contributed by atoms with Crippen LogP contribution in [0.2, 0.25) is 0 Å². The number of nitrogen functional groups attached to an aromatic ring is 1. The minimum Gasteiger partial charge on any atom is -0.465 e. The van der Waals surface area contributed by atoms with Gasteiger partial charge < -0.3 is 15.8 Å². The molecule has 0 amide bonds. The van der Waals surface area contributed by atoms with Crippen molar-refractivity contribution in [3.63, 3.8) is 0 Å². The Morgan fingerprint density at radius 3 is 2.93 bits per heavy atom. The van der Waals surface area contributed by atoms with Crippen molar-refractivity contribution in [1.82, 2.24) is 9.97 Å². The van der Waals surface area contributed by atoms with E-state index in [0.29, 0.717) is 12.4 Å². The second-order valence-corrected chi connectivity index (χ2v) is 2.45. The molecule has 0 aliphatic carbocycles. The van der Waals surface area contributed by atoms with E-state index in [1.54, 1.807) is 6.92 Å². The van der Waals surface area contributed by atoms with Crippen LogP contribution in [0, 0.1) is 0 Å². The molecule has 0 saturated carbocycles. The average Bonchev–Trinajstić information content (AvgIpc) is 2.17. The van der Waals surface area contributed by atoms with Gasteiger partial charge >= 0.3 is 5.97 Å². The quantitative estimate of drug-likeness (QED) is 0.660. The summed E-state index contributed by atoms with van der Waals surface area (Å²) in [6.07, 6.45) is 2.97. The van der Waals surface area contributed by atoms with Gasteiger partial charge in [0, 0.05) is 12.4 Å². The maximum atomic E-state index is 11.0. The Labute approximate surface area is 81.5 Å². The number of aromatic nitrogens is 2. The monoisotopic (exact) mass is 196 g/mol. The van der Waals surface area contributed by atoms with Crippen molar-refractivity contribution in [2.75, 3.05) is 24.2 Å². The van der Waals surface area contributed by atoms with Crippen LogP contribution in [0.25, 0.3) is 0 Å². The van der Waals surface area contributed by atoms with Crippen LogP contribution < -0.4 is 11.1 Å². The number of nitrogens with one attached hydrogen (secondary N) is 1. The number of nitrogens with two attached hydrogens (primary N) is 1. The van der Waals surface area contributed by atoms with Crippen molar-refractivity contribution < 1.29 is 9.53 Å². The van der Waals surface area contributed by atoms with Gasteiger partial charge in [0.2, 0.25) is 0 Å². The highest BCUT2D eigenvalue weighted by Crippen LogP contribution is 2.08. The Morgan fingerprint density at radius 1 is 1.57 bits per heavy atom. The molecule has 0 aliphatic rings. The first kappa shape index (κ1) is 10.2. The fraction of sp³-hybridized carbons (Fsp3) is 0.375. The fourth-order valence-electron chi connectivity index (χ4n) is 0.853. The Morgan fingerprint density at radius 2 is 2.29 bits per heavy atom. The predicted molar refractivity (Wildman–Crippen MR) is 51.6 cm³/mol. The van der Waals surface area contributed by atoms with Crippen molar-refractivity contribution in [3.8, 4) is 0 Å². The zero-order valence-electron chi connectivity index (χ0n) is 7.86. The third kappa shape index (κ3) is 2.89. The number of esters is 1. The van der Waals surface area contributed by atoms with Crippen LogP contribution in [0.5, 0.6) is 0 Å². The smallest absolute Gasteiger partial charge is 0.325 e. The lowest BCUT2D eigenvalue weighted by atomic mass is 10.5. The number of anilines is 2. The Hall–Kier alpha value is -1.85. The molecule has 1 rings (SSSR count). The van der Waals surface area contributed by atoms with Crippen LogP contribution in [0.4, 0.5) is 11.6 Å². The lowest BCUT2D eigenvalue weighted by molar-refractivity contribution is -0.140. The molecule has 6 nitrogen and oxygen atoms in total. The molecular weight excluding hydrogens is 184 g/mol. The van der Waals surface area contributed by atoms with Crippen molar-refractivity contribution in [3.05, 3.63) is 12.4 Å². The molecule has 0 aromatic carbocycles. The average molecular weight is 196 g/mol. The van der Waals surface area contributed by atoms with Gasteiger partial charge in [-0.2, -0.15) is 0 Å². The lowest BCUT2D eigenvalue weighted by Crippen LogP contribution is -2.18. The molecule has 0 saturated heterocycles. The summed E-state index contributed by atoms with van der Waals surface area (Å²) in [6.45, 7) is 2.14. The molecular formula is C8H12N4O2. The second-order valence-electron chi connectivity index (χ2n) is 2.45. The molecule has 1 heterocycles. The van der Waals surface area contributed by atoms with Crippen molar-refractivity contribution >= 4 is 17.6 Å². The third-order valence-corrected chi connectivity index (χ3v) is 1.43. The first-order valence-electron chi connectivity index (χ1n) is 4.20. The SMILES string of the molecule is CCOC(=O)CNc1nccnc1N. The van der Waals surface area contributed by atoms with E-state index in [4.69, 9.17) is 10.5 Å². The van der Waals surface area contributed by atoms with Gasteiger partial charge in [0.05, 0.1) is 6.61 Å². The molecule has 0 atom stereocenters. The van der Waals surface area contributed by atoms with Gasteiger partial charge in [0.15, 0.2) is 11.6 Å². The molecule has 1 aromatic heterocycles. The van der Waals surface area contributed by atoms with Gasteiger partial charge in [-0.05, 0) is 6.92 Å². The highest BCUT2D eigenvalue weighted by atomic mass is 16.5. The number of carbonyl (C=O) groups is 1. The maximum absolute atomic E-state index is 11.0. The van der Waals surface area contributed by atoms with Crippen LogP contribution in [0.1, 0.15) is 6.92 Å². The van der Waals surface area contributed by atoms with E-state index in [0.717, 1.165) is 0 Å². The highest BCUT2D eigenvalue weighted by Gasteiger charge is 2.04. The summed E-state index contributed by atoms with van der Waals surface area (Å²) < 4.78 is 4.71. The minimum atomic E-state index is -0.349. The highest BCUT2D eigenvalue weighted by molar-refractivity contribution is 5.75. The summed E-state index contributed by atoms with van der Waals surface area (Å²) in [7, 11) is 0. The number of ether oxygens (including phenoxy) is 1. The Kier molecular flexibility index (Phi) is 3.66.